The number of allylic oxidation sites excluding steroid dienone is 2. The zero-order valence-corrected chi connectivity index (χ0v) is 17.7. The molecule has 164 valence electrons. The number of hydrogen-bond acceptors (Lipinski definition) is 6. The van der Waals surface area contributed by atoms with Crippen molar-refractivity contribution < 1.29 is 33.6 Å². The quantitative estimate of drug-likeness (QED) is 0.322. The van der Waals surface area contributed by atoms with Crippen molar-refractivity contribution in [2.24, 2.45) is 0 Å². The van der Waals surface area contributed by atoms with Gasteiger partial charge in [-0.3, -0.25) is 0 Å². The Morgan fingerprint density at radius 3 is 2.55 bits per heavy atom. The van der Waals surface area contributed by atoms with E-state index in [1.165, 1.54) is 6.08 Å². The van der Waals surface area contributed by atoms with Gasteiger partial charge < -0.3 is 29.4 Å². The van der Waals surface area contributed by atoms with Gasteiger partial charge in [-0.05, 0) is 64.7 Å². The van der Waals surface area contributed by atoms with E-state index in [9.17, 15) is 14.7 Å². The molecular formula is C21H33NO7. The molecule has 1 saturated heterocycles. The van der Waals surface area contributed by atoms with Crippen LogP contribution in [0.4, 0.5) is 4.79 Å². The molecule has 0 aromatic carbocycles. The fraction of sp³-hybridized carbons (Fsp3) is 0.619. The summed E-state index contributed by atoms with van der Waals surface area (Å²) >= 11 is 0. The molecule has 0 aromatic heterocycles. The van der Waals surface area contributed by atoms with Gasteiger partial charge in [0.15, 0.2) is 12.3 Å². The zero-order chi connectivity index (χ0) is 21.9. The van der Waals surface area contributed by atoms with Crippen molar-refractivity contribution in [2.75, 3.05) is 19.8 Å². The van der Waals surface area contributed by atoms with E-state index in [0.717, 1.165) is 25.9 Å². The first-order valence-electron chi connectivity index (χ1n) is 9.74. The minimum absolute atomic E-state index is 0.174. The van der Waals surface area contributed by atoms with Crippen LogP contribution in [0.25, 0.3) is 0 Å². The van der Waals surface area contributed by atoms with Crippen molar-refractivity contribution >= 4 is 12.1 Å². The van der Waals surface area contributed by atoms with Gasteiger partial charge in [0.1, 0.15) is 18.0 Å². The summed E-state index contributed by atoms with van der Waals surface area (Å²) in [5.74, 6) is -0.713. The fourth-order valence-electron chi connectivity index (χ4n) is 2.43. The summed E-state index contributed by atoms with van der Waals surface area (Å²) in [5, 5.41) is 11.7. The summed E-state index contributed by atoms with van der Waals surface area (Å²) in [7, 11) is 0. The average molecular weight is 411 g/mol. The molecule has 0 aliphatic carbocycles. The first-order chi connectivity index (χ1) is 13.6. The van der Waals surface area contributed by atoms with Crippen LogP contribution in [0.1, 0.15) is 47.0 Å². The maximum absolute atomic E-state index is 11.9. The highest BCUT2D eigenvalue weighted by Gasteiger charge is 2.25. The molecule has 1 unspecified atom stereocenters. The molecule has 1 aliphatic rings. The number of hydrogen-bond donors (Lipinski definition) is 2. The van der Waals surface area contributed by atoms with Gasteiger partial charge in [0, 0.05) is 6.61 Å². The van der Waals surface area contributed by atoms with Gasteiger partial charge in [-0.15, -0.1) is 0 Å². The Balaban J connectivity index is 2.49. The highest BCUT2D eigenvalue weighted by molar-refractivity contribution is 5.83. The third-order valence-electron chi connectivity index (χ3n) is 3.82. The lowest BCUT2D eigenvalue weighted by Crippen LogP contribution is -2.44. The second-order valence-corrected chi connectivity index (χ2v) is 7.53. The van der Waals surface area contributed by atoms with Crippen molar-refractivity contribution in [1.82, 2.24) is 5.32 Å². The van der Waals surface area contributed by atoms with E-state index < -0.39 is 23.7 Å². The molecule has 1 aliphatic heterocycles. The highest BCUT2D eigenvalue weighted by Crippen LogP contribution is 2.14. The number of rotatable bonds is 10. The molecule has 8 heteroatoms. The monoisotopic (exact) mass is 411 g/mol. The number of carbonyl (C=O) groups is 2. The Bertz CT molecular complexity index is 613. The Hall–Kier alpha value is -2.32. The minimum atomic E-state index is -1.31. The van der Waals surface area contributed by atoms with Crippen molar-refractivity contribution in [3.8, 4) is 0 Å². The number of carbonyl (C=O) groups excluding carboxylic acids is 1. The van der Waals surface area contributed by atoms with Gasteiger partial charge in [0.05, 0.1) is 6.61 Å². The molecule has 0 bridgehead atoms. The summed E-state index contributed by atoms with van der Waals surface area (Å²) in [4.78, 5) is 23.3. The van der Waals surface area contributed by atoms with Crippen LogP contribution in [0.2, 0.25) is 0 Å². The van der Waals surface area contributed by atoms with Gasteiger partial charge in [-0.25, -0.2) is 9.59 Å². The topological polar surface area (TPSA) is 103 Å². The van der Waals surface area contributed by atoms with Crippen LogP contribution >= 0.6 is 0 Å². The number of nitrogens with one attached hydrogen (secondary N) is 1. The Labute approximate surface area is 172 Å². The van der Waals surface area contributed by atoms with Crippen LogP contribution in [-0.2, 0) is 23.7 Å². The first-order valence-corrected chi connectivity index (χ1v) is 9.74. The number of carboxylic acid groups (broad SMARTS) is 1. The first kappa shape index (κ1) is 24.7. The number of ether oxygens (including phenoxy) is 4. The smallest absolute Gasteiger partial charge is 0.408 e. The molecule has 29 heavy (non-hydrogen) atoms. The largest absolute Gasteiger partial charge is 0.492 e. The summed E-state index contributed by atoms with van der Waals surface area (Å²) in [6.45, 7) is 12.0. The lowest BCUT2D eigenvalue weighted by Gasteiger charge is -2.22. The molecule has 1 heterocycles. The normalized spacial score (nSPS) is 18.9. The second kappa shape index (κ2) is 12.3. The third kappa shape index (κ3) is 10.7. The zero-order valence-electron chi connectivity index (χ0n) is 17.7. The molecule has 8 nitrogen and oxygen atoms in total. The van der Waals surface area contributed by atoms with E-state index >= 15 is 0 Å². The molecule has 0 aromatic rings. The fourth-order valence-corrected chi connectivity index (χ4v) is 2.43. The number of amides is 1. The van der Waals surface area contributed by atoms with Crippen LogP contribution in [0.15, 0.2) is 36.1 Å². The van der Waals surface area contributed by atoms with Crippen LogP contribution in [0, 0.1) is 0 Å². The predicted octanol–water partition coefficient (Wildman–Crippen LogP) is 3.54. The summed E-state index contributed by atoms with van der Waals surface area (Å²) in [6.07, 6.45) is 6.85. The Kier molecular flexibility index (Phi) is 10.5. The SMILES string of the molecule is C=C(/C=C\C(=C/C)OCCOC1CCCCO1)[C@H](NC(=O)OC(C)(C)C)C(=O)O. The Morgan fingerprint density at radius 2 is 2.00 bits per heavy atom. The Morgan fingerprint density at radius 1 is 1.28 bits per heavy atom. The van der Waals surface area contributed by atoms with Crippen molar-refractivity contribution in [3.05, 3.63) is 36.1 Å². The minimum Gasteiger partial charge on any atom is -0.492 e. The molecule has 2 N–H and O–H groups in total. The van der Waals surface area contributed by atoms with Crippen LogP contribution in [0.3, 0.4) is 0 Å². The third-order valence-corrected chi connectivity index (χ3v) is 3.82. The lowest BCUT2D eigenvalue weighted by molar-refractivity contribution is -0.167. The van der Waals surface area contributed by atoms with E-state index in [-0.39, 0.29) is 11.9 Å². The van der Waals surface area contributed by atoms with Gasteiger partial charge in [0.25, 0.3) is 0 Å². The standard InChI is InChI=1S/C21H33NO7/c1-6-16(26-13-14-28-17-9-7-8-12-27-17)11-10-15(2)18(19(23)24)22-20(25)29-21(3,4)5/h6,10-11,17-18H,2,7-9,12-14H2,1,3-5H3,(H,22,25)(H,23,24)/b11-10-,16-6+/t17?,18-/m0/s1. The van der Waals surface area contributed by atoms with E-state index in [0.29, 0.717) is 19.0 Å². The number of aliphatic carboxylic acids is 1. The molecule has 1 fully saturated rings. The summed E-state index contributed by atoms with van der Waals surface area (Å²) < 4.78 is 21.8. The molecule has 0 spiro atoms. The summed E-state index contributed by atoms with van der Waals surface area (Å²) in [5.41, 5.74) is -0.556. The van der Waals surface area contributed by atoms with E-state index in [1.807, 2.05) is 0 Å². The molecule has 1 rings (SSSR count). The predicted molar refractivity (Wildman–Crippen MR) is 108 cm³/mol. The maximum atomic E-state index is 11.9. The second-order valence-electron chi connectivity index (χ2n) is 7.53. The van der Waals surface area contributed by atoms with E-state index in [1.54, 1.807) is 39.8 Å². The molecular weight excluding hydrogens is 378 g/mol. The van der Waals surface area contributed by atoms with Crippen LogP contribution in [0.5, 0.6) is 0 Å². The van der Waals surface area contributed by atoms with Crippen molar-refractivity contribution in [1.29, 1.82) is 0 Å². The van der Waals surface area contributed by atoms with Crippen LogP contribution < -0.4 is 5.32 Å². The molecule has 1 amide bonds. The average Bonchev–Trinajstić information content (AvgIpc) is 2.64. The van der Waals surface area contributed by atoms with Crippen LogP contribution in [-0.4, -0.2) is 54.9 Å². The van der Waals surface area contributed by atoms with E-state index in [4.69, 9.17) is 18.9 Å². The molecule has 0 radical (unpaired) electrons. The van der Waals surface area contributed by atoms with Gasteiger partial charge >= 0.3 is 12.1 Å². The number of carboxylic acids is 1. The highest BCUT2D eigenvalue weighted by atomic mass is 16.7. The van der Waals surface area contributed by atoms with E-state index in [2.05, 4.69) is 11.9 Å². The molecule has 0 saturated carbocycles. The molecule has 2 atom stereocenters. The van der Waals surface area contributed by atoms with Gasteiger partial charge in [-0.1, -0.05) is 12.7 Å². The van der Waals surface area contributed by atoms with Crippen molar-refractivity contribution in [3.63, 3.8) is 0 Å². The summed E-state index contributed by atoms with van der Waals surface area (Å²) in [6, 6.07) is -1.31. The maximum Gasteiger partial charge on any atom is 0.408 e. The van der Waals surface area contributed by atoms with Gasteiger partial charge in [-0.2, -0.15) is 0 Å². The van der Waals surface area contributed by atoms with Crippen molar-refractivity contribution in [2.45, 2.75) is 64.9 Å². The lowest BCUT2D eigenvalue weighted by atomic mass is 10.1. The number of alkyl carbamates (subject to hydrolysis) is 1. The van der Waals surface area contributed by atoms with Gasteiger partial charge in [0.2, 0.25) is 0 Å².